The summed E-state index contributed by atoms with van der Waals surface area (Å²) in [6.07, 6.45) is 0. The van der Waals surface area contributed by atoms with Gasteiger partial charge < -0.3 is 5.11 Å². The lowest BCUT2D eigenvalue weighted by atomic mass is 10.2. The summed E-state index contributed by atoms with van der Waals surface area (Å²) < 4.78 is 0.997. The topological polar surface area (TPSA) is 50.2 Å². The molecule has 1 aromatic heterocycles. The lowest BCUT2D eigenvalue weighted by molar-refractivity contribution is 0.0695. The molecule has 3 nitrogen and oxygen atoms in total. The molecule has 0 radical (unpaired) electrons. The van der Waals surface area contributed by atoms with E-state index in [2.05, 4.69) is 20.9 Å². The van der Waals surface area contributed by atoms with Crippen LogP contribution in [0.15, 0.2) is 50.8 Å². The van der Waals surface area contributed by atoms with Gasteiger partial charge in [-0.2, -0.15) is 0 Å². The summed E-state index contributed by atoms with van der Waals surface area (Å²) >= 11 is 4.97. The zero-order valence-corrected chi connectivity index (χ0v) is 12.0. The quantitative estimate of drug-likeness (QED) is 0.927. The standard InChI is InChI=1S/C13H10BrNO2S/c1-8-9(13(16)17)6-7-12(15-8)18-11-5-3-2-4-10(11)14/h2-7H,1H3,(H,16,17). The molecule has 0 aliphatic carbocycles. The molecule has 92 valence electrons. The third-order valence-electron chi connectivity index (χ3n) is 2.34. The molecular formula is C13H10BrNO2S. The number of carboxylic acids is 1. The first kappa shape index (κ1) is 13.1. The second-order valence-electron chi connectivity index (χ2n) is 3.62. The number of aromatic nitrogens is 1. The van der Waals surface area contributed by atoms with Gasteiger partial charge in [0.15, 0.2) is 0 Å². The number of carbonyl (C=O) groups is 1. The zero-order chi connectivity index (χ0) is 13.1. The highest BCUT2D eigenvalue weighted by molar-refractivity contribution is 9.10. The molecule has 0 saturated heterocycles. The van der Waals surface area contributed by atoms with Crippen LogP contribution in [0, 0.1) is 6.92 Å². The summed E-state index contributed by atoms with van der Waals surface area (Å²) in [6, 6.07) is 11.1. The molecule has 0 atom stereocenters. The van der Waals surface area contributed by atoms with Gasteiger partial charge in [0.2, 0.25) is 0 Å². The number of pyridine rings is 1. The van der Waals surface area contributed by atoms with Crippen molar-refractivity contribution in [3.05, 3.63) is 52.1 Å². The molecule has 0 aliphatic heterocycles. The van der Waals surface area contributed by atoms with Crippen LogP contribution in [0.3, 0.4) is 0 Å². The predicted molar refractivity (Wildman–Crippen MR) is 74.2 cm³/mol. The van der Waals surface area contributed by atoms with Gasteiger partial charge in [-0.05, 0) is 47.1 Å². The monoisotopic (exact) mass is 323 g/mol. The summed E-state index contributed by atoms with van der Waals surface area (Å²) in [5, 5.41) is 9.72. The van der Waals surface area contributed by atoms with Gasteiger partial charge in [0.05, 0.1) is 11.3 Å². The highest BCUT2D eigenvalue weighted by Gasteiger charge is 2.10. The Balaban J connectivity index is 2.29. The van der Waals surface area contributed by atoms with Crippen LogP contribution in [0.1, 0.15) is 16.1 Å². The number of nitrogens with zero attached hydrogens (tertiary/aromatic N) is 1. The highest BCUT2D eigenvalue weighted by atomic mass is 79.9. The van der Waals surface area contributed by atoms with Crippen molar-refractivity contribution in [3.8, 4) is 0 Å². The van der Waals surface area contributed by atoms with Crippen molar-refractivity contribution in [3.63, 3.8) is 0 Å². The number of rotatable bonds is 3. The summed E-state index contributed by atoms with van der Waals surface area (Å²) in [4.78, 5) is 16.2. The van der Waals surface area contributed by atoms with Gasteiger partial charge >= 0.3 is 5.97 Å². The van der Waals surface area contributed by atoms with Crippen LogP contribution in [0.4, 0.5) is 0 Å². The maximum atomic E-state index is 10.9. The molecule has 1 aromatic carbocycles. The van der Waals surface area contributed by atoms with Crippen molar-refractivity contribution in [2.24, 2.45) is 0 Å². The van der Waals surface area contributed by atoms with E-state index in [1.807, 2.05) is 24.3 Å². The van der Waals surface area contributed by atoms with E-state index in [0.717, 1.165) is 14.4 Å². The fraction of sp³-hybridized carbons (Fsp3) is 0.0769. The first-order valence-corrected chi connectivity index (χ1v) is 6.82. The Labute approximate surface area is 117 Å². The number of aromatic carboxylic acids is 1. The molecule has 0 spiro atoms. The first-order valence-electron chi connectivity index (χ1n) is 5.21. The Morgan fingerprint density at radius 1 is 1.28 bits per heavy atom. The van der Waals surface area contributed by atoms with E-state index < -0.39 is 5.97 Å². The van der Waals surface area contributed by atoms with Gasteiger partial charge in [-0.15, -0.1) is 0 Å². The average molecular weight is 324 g/mol. The van der Waals surface area contributed by atoms with E-state index >= 15 is 0 Å². The van der Waals surface area contributed by atoms with Crippen LogP contribution >= 0.6 is 27.7 Å². The Morgan fingerprint density at radius 2 is 2.00 bits per heavy atom. The third kappa shape index (κ3) is 2.91. The van der Waals surface area contributed by atoms with E-state index in [0.29, 0.717) is 5.69 Å². The number of benzene rings is 1. The minimum atomic E-state index is -0.947. The van der Waals surface area contributed by atoms with Gasteiger partial charge in [0.25, 0.3) is 0 Å². The predicted octanol–water partition coefficient (Wildman–Crippen LogP) is 4.00. The van der Waals surface area contributed by atoms with Crippen molar-refractivity contribution in [2.75, 3.05) is 0 Å². The number of aryl methyl sites for hydroxylation is 1. The second-order valence-corrected chi connectivity index (χ2v) is 5.54. The Hall–Kier alpha value is -1.33. The third-order valence-corrected chi connectivity index (χ3v) is 4.31. The smallest absolute Gasteiger partial charge is 0.337 e. The van der Waals surface area contributed by atoms with E-state index in [1.165, 1.54) is 11.8 Å². The maximum absolute atomic E-state index is 10.9. The molecule has 0 saturated carbocycles. The summed E-state index contributed by atoms with van der Waals surface area (Å²) in [5.41, 5.74) is 0.769. The molecule has 0 bridgehead atoms. The van der Waals surface area contributed by atoms with Crippen molar-refractivity contribution in [1.29, 1.82) is 0 Å². The normalized spacial score (nSPS) is 10.3. The second kappa shape index (κ2) is 5.54. The molecular weight excluding hydrogens is 314 g/mol. The Kier molecular flexibility index (Phi) is 4.04. The SMILES string of the molecule is Cc1nc(Sc2ccccc2Br)ccc1C(=O)O. The van der Waals surface area contributed by atoms with Gasteiger partial charge in [-0.3, -0.25) is 0 Å². The van der Waals surface area contributed by atoms with Crippen molar-refractivity contribution < 1.29 is 9.90 Å². The molecule has 2 rings (SSSR count). The van der Waals surface area contributed by atoms with Crippen molar-refractivity contribution in [2.45, 2.75) is 16.8 Å². The van der Waals surface area contributed by atoms with Gasteiger partial charge in [-0.25, -0.2) is 9.78 Å². The highest BCUT2D eigenvalue weighted by Crippen LogP contribution is 2.32. The number of hydrogen-bond donors (Lipinski definition) is 1. The lowest BCUT2D eigenvalue weighted by Gasteiger charge is -2.05. The van der Waals surface area contributed by atoms with Crippen LogP contribution in [0.2, 0.25) is 0 Å². The van der Waals surface area contributed by atoms with E-state index in [9.17, 15) is 4.79 Å². The van der Waals surface area contributed by atoms with Crippen molar-refractivity contribution >= 4 is 33.7 Å². The van der Waals surface area contributed by atoms with Crippen LogP contribution < -0.4 is 0 Å². The number of halogens is 1. The number of carboxylic acid groups (broad SMARTS) is 1. The molecule has 1 N–H and O–H groups in total. The zero-order valence-electron chi connectivity index (χ0n) is 9.55. The van der Waals surface area contributed by atoms with E-state index in [-0.39, 0.29) is 5.56 Å². The Morgan fingerprint density at radius 3 is 2.61 bits per heavy atom. The van der Waals surface area contributed by atoms with Gasteiger partial charge in [0, 0.05) is 9.37 Å². The van der Waals surface area contributed by atoms with Crippen LogP contribution in [0.25, 0.3) is 0 Å². The summed E-state index contributed by atoms with van der Waals surface area (Å²) in [7, 11) is 0. The molecule has 1 heterocycles. The number of hydrogen-bond acceptors (Lipinski definition) is 3. The fourth-order valence-electron chi connectivity index (χ4n) is 1.46. The molecule has 0 fully saturated rings. The lowest BCUT2D eigenvalue weighted by Crippen LogP contribution is -2.01. The summed E-state index contributed by atoms with van der Waals surface area (Å²) in [5.74, 6) is -0.947. The molecule has 0 amide bonds. The molecule has 5 heteroatoms. The molecule has 0 aliphatic rings. The van der Waals surface area contributed by atoms with Crippen LogP contribution in [0.5, 0.6) is 0 Å². The summed E-state index contributed by atoms with van der Waals surface area (Å²) in [6.45, 7) is 1.70. The average Bonchev–Trinajstić information content (AvgIpc) is 2.32. The molecule has 2 aromatic rings. The minimum absolute atomic E-state index is 0.242. The van der Waals surface area contributed by atoms with Gasteiger partial charge in [-0.1, -0.05) is 23.9 Å². The first-order chi connectivity index (χ1) is 8.58. The van der Waals surface area contributed by atoms with Gasteiger partial charge in [0.1, 0.15) is 5.03 Å². The fourth-order valence-corrected chi connectivity index (χ4v) is 2.84. The minimum Gasteiger partial charge on any atom is -0.478 e. The molecule has 0 unspecified atom stereocenters. The Bertz CT molecular complexity index is 601. The van der Waals surface area contributed by atoms with E-state index in [1.54, 1.807) is 19.1 Å². The van der Waals surface area contributed by atoms with Crippen molar-refractivity contribution in [1.82, 2.24) is 4.98 Å². The molecule has 18 heavy (non-hydrogen) atoms. The van der Waals surface area contributed by atoms with Crippen LogP contribution in [-0.2, 0) is 0 Å². The maximum Gasteiger partial charge on any atom is 0.337 e. The largest absolute Gasteiger partial charge is 0.478 e. The van der Waals surface area contributed by atoms with Crippen LogP contribution in [-0.4, -0.2) is 16.1 Å². The van der Waals surface area contributed by atoms with E-state index in [4.69, 9.17) is 5.11 Å².